The minimum Gasteiger partial charge on any atom is -0.341 e. The average Bonchev–Trinajstić information content (AvgIpc) is 2.74. The third-order valence-electron chi connectivity index (χ3n) is 5.78. The van der Waals surface area contributed by atoms with E-state index in [1.165, 1.54) is 10.4 Å². The Kier molecular flexibility index (Phi) is 6.98. The maximum absolute atomic E-state index is 13.4. The summed E-state index contributed by atoms with van der Waals surface area (Å²) in [6.45, 7) is 7.53. The number of halogens is 2. The van der Waals surface area contributed by atoms with Crippen LogP contribution in [0.15, 0.2) is 23.1 Å². The molecule has 2 fully saturated rings. The van der Waals surface area contributed by atoms with Crippen molar-refractivity contribution in [2.45, 2.75) is 38.5 Å². The summed E-state index contributed by atoms with van der Waals surface area (Å²) >= 11 is 5.73. The van der Waals surface area contributed by atoms with E-state index in [4.69, 9.17) is 11.6 Å². The van der Waals surface area contributed by atoms with E-state index in [-0.39, 0.29) is 53.8 Å². The topological polar surface area (TPSA) is 78.0 Å². The summed E-state index contributed by atoms with van der Waals surface area (Å²) in [5, 5.41) is -0.249. The zero-order chi connectivity index (χ0) is 23.0. The number of rotatable bonds is 3. The molecule has 0 N–H and O–H groups in total. The fraction of sp³-hybridized carbons (Fsp3) is 0.619. The summed E-state index contributed by atoms with van der Waals surface area (Å²) in [4.78, 5) is 29.0. The number of nitrogens with zero attached hydrogens (tertiary/aromatic N) is 3. The van der Waals surface area contributed by atoms with Gasteiger partial charge in [0.2, 0.25) is 21.8 Å². The molecule has 1 atom stereocenters. The molecule has 172 valence electrons. The molecule has 0 radical (unpaired) electrons. The Morgan fingerprint density at radius 1 is 1.06 bits per heavy atom. The van der Waals surface area contributed by atoms with Crippen LogP contribution in [0.3, 0.4) is 0 Å². The van der Waals surface area contributed by atoms with Gasteiger partial charge in [-0.15, -0.1) is 0 Å². The molecule has 0 aliphatic carbocycles. The zero-order valence-electron chi connectivity index (χ0n) is 18.1. The van der Waals surface area contributed by atoms with Gasteiger partial charge in [0.05, 0.1) is 15.8 Å². The molecule has 2 saturated heterocycles. The molecule has 0 spiro atoms. The summed E-state index contributed by atoms with van der Waals surface area (Å²) in [6, 6.07) is 3.33. The summed E-state index contributed by atoms with van der Waals surface area (Å²) in [5.74, 6) is -0.936. The van der Waals surface area contributed by atoms with E-state index in [1.54, 1.807) is 9.80 Å². The Morgan fingerprint density at radius 2 is 1.71 bits per heavy atom. The third kappa shape index (κ3) is 5.21. The summed E-state index contributed by atoms with van der Waals surface area (Å²) in [6.07, 6.45) is 1.50. The molecule has 1 aromatic carbocycles. The number of likely N-dealkylation sites (tertiary alicyclic amines) is 1. The van der Waals surface area contributed by atoms with Crippen LogP contribution in [-0.2, 0) is 19.6 Å². The van der Waals surface area contributed by atoms with Gasteiger partial charge in [-0.05, 0) is 31.0 Å². The van der Waals surface area contributed by atoms with Gasteiger partial charge in [0.15, 0.2) is 0 Å². The van der Waals surface area contributed by atoms with Crippen molar-refractivity contribution in [2.75, 3.05) is 39.3 Å². The number of carbonyl (C=O) groups is 2. The monoisotopic (exact) mass is 473 g/mol. The molecule has 3 rings (SSSR count). The van der Waals surface area contributed by atoms with E-state index in [1.807, 2.05) is 20.8 Å². The number of piperidine rings is 1. The van der Waals surface area contributed by atoms with Gasteiger partial charge in [0.1, 0.15) is 5.82 Å². The predicted molar refractivity (Wildman–Crippen MR) is 116 cm³/mol. The highest BCUT2D eigenvalue weighted by molar-refractivity contribution is 7.89. The van der Waals surface area contributed by atoms with Crippen molar-refractivity contribution in [3.05, 3.63) is 29.0 Å². The number of hydrogen-bond donors (Lipinski definition) is 0. The van der Waals surface area contributed by atoms with Crippen LogP contribution < -0.4 is 0 Å². The maximum atomic E-state index is 13.4. The van der Waals surface area contributed by atoms with Gasteiger partial charge in [-0.1, -0.05) is 32.4 Å². The van der Waals surface area contributed by atoms with Gasteiger partial charge in [-0.3, -0.25) is 9.59 Å². The Balaban J connectivity index is 1.62. The van der Waals surface area contributed by atoms with Crippen molar-refractivity contribution in [1.82, 2.24) is 14.1 Å². The van der Waals surface area contributed by atoms with Crippen LogP contribution in [0, 0.1) is 17.2 Å². The third-order valence-corrected chi connectivity index (χ3v) is 7.96. The van der Waals surface area contributed by atoms with Crippen LogP contribution in [0.25, 0.3) is 0 Å². The average molecular weight is 474 g/mol. The number of benzene rings is 1. The highest BCUT2D eigenvalue weighted by atomic mass is 35.5. The highest BCUT2D eigenvalue weighted by Crippen LogP contribution is 2.26. The van der Waals surface area contributed by atoms with Crippen LogP contribution in [0.2, 0.25) is 5.02 Å². The molecule has 1 unspecified atom stereocenters. The largest absolute Gasteiger partial charge is 0.341 e. The van der Waals surface area contributed by atoms with Gasteiger partial charge in [-0.25, -0.2) is 12.8 Å². The van der Waals surface area contributed by atoms with Gasteiger partial charge in [-0.2, -0.15) is 4.31 Å². The lowest BCUT2D eigenvalue weighted by atomic mass is 9.90. The van der Waals surface area contributed by atoms with E-state index >= 15 is 0 Å². The molecule has 0 saturated carbocycles. The maximum Gasteiger partial charge on any atom is 0.243 e. The second-order valence-corrected chi connectivity index (χ2v) is 11.5. The number of amides is 2. The van der Waals surface area contributed by atoms with Crippen LogP contribution in [-0.4, -0.2) is 73.6 Å². The van der Waals surface area contributed by atoms with Gasteiger partial charge in [0.25, 0.3) is 0 Å². The highest BCUT2D eigenvalue weighted by Gasteiger charge is 2.37. The Morgan fingerprint density at radius 3 is 2.29 bits per heavy atom. The van der Waals surface area contributed by atoms with Gasteiger partial charge < -0.3 is 9.80 Å². The molecular weight excluding hydrogens is 445 g/mol. The van der Waals surface area contributed by atoms with Crippen molar-refractivity contribution in [2.24, 2.45) is 11.3 Å². The molecule has 0 aromatic heterocycles. The molecule has 2 aliphatic rings. The van der Waals surface area contributed by atoms with E-state index in [2.05, 4.69) is 0 Å². The molecule has 31 heavy (non-hydrogen) atoms. The number of hydrogen-bond acceptors (Lipinski definition) is 4. The Labute approximate surface area is 188 Å². The van der Waals surface area contributed by atoms with Crippen LogP contribution in [0.5, 0.6) is 0 Å². The first-order valence-corrected chi connectivity index (χ1v) is 12.3. The first-order chi connectivity index (χ1) is 14.4. The van der Waals surface area contributed by atoms with Crippen molar-refractivity contribution < 1.29 is 22.4 Å². The minimum atomic E-state index is -3.82. The van der Waals surface area contributed by atoms with Crippen molar-refractivity contribution >= 4 is 33.4 Å². The molecule has 1 aromatic rings. The number of carbonyl (C=O) groups excluding carboxylic acids is 2. The molecule has 10 heteroatoms. The Hall–Kier alpha value is -1.71. The van der Waals surface area contributed by atoms with Crippen LogP contribution >= 0.6 is 11.6 Å². The van der Waals surface area contributed by atoms with Crippen molar-refractivity contribution in [3.8, 4) is 0 Å². The van der Waals surface area contributed by atoms with Crippen LogP contribution in [0.4, 0.5) is 4.39 Å². The smallest absolute Gasteiger partial charge is 0.243 e. The second kappa shape index (κ2) is 9.03. The molecule has 7 nitrogen and oxygen atoms in total. The minimum absolute atomic E-state index is 0.0340. The van der Waals surface area contributed by atoms with Crippen molar-refractivity contribution in [3.63, 3.8) is 0 Å². The quantitative estimate of drug-likeness (QED) is 0.676. The lowest BCUT2D eigenvalue weighted by molar-refractivity contribution is -0.145. The molecular formula is C21H29ClFN3O4S. The first-order valence-electron chi connectivity index (χ1n) is 10.4. The lowest BCUT2D eigenvalue weighted by Crippen LogP contribution is -2.54. The van der Waals surface area contributed by atoms with Crippen LogP contribution in [0.1, 0.15) is 33.6 Å². The summed E-state index contributed by atoms with van der Waals surface area (Å²) in [7, 11) is -3.82. The van der Waals surface area contributed by atoms with Gasteiger partial charge in [0, 0.05) is 44.7 Å². The predicted octanol–water partition coefficient (Wildman–Crippen LogP) is 2.60. The van der Waals surface area contributed by atoms with E-state index in [9.17, 15) is 22.4 Å². The fourth-order valence-corrected chi connectivity index (χ4v) is 5.73. The molecule has 0 bridgehead atoms. The summed E-state index contributed by atoms with van der Waals surface area (Å²) < 4.78 is 40.3. The van der Waals surface area contributed by atoms with Crippen molar-refractivity contribution in [1.29, 1.82) is 0 Å². The van der Waals surface area contributed by atoms with Gasteiger partial charge >= 0.3 is 0 Å². The molecule has 2 aliphatic heterocycles. The number of piperazine rings is 1. The standard InChI is InChI=1S/C21H29ClFN3O4S/c1-21(2,3)20(28)25-8-4-5-15(14-25)19(27)24-9-11-26(12-10-24)31(29,30)16-6-7-18(23)17(22)13-16/h6-7,13,15H,4-5,8-12,14H2,1-3H3. The SMILES string of the molecule is CC(C)(C)C(=O)N1CCCC(C(=O)N2CCN(S(=O)(=O)c3ccc(F)c(Cl)c3)CC2)C1. The Bertz CT molecular complexity index is 956. The molecule has 2 amide bonds. The zero-order valence-corrected chi connectivity index (χ0v) is 19.7. The first kappa shape index (κ1) is 23.9. The lowest BCUT2D eigenvalue weighted by Gasteiger charge is -2.39. The second-order valence-electron chi connectivity index (χ2n) is 9.15. The van der Waals surface area contributed by atoms with E-state index in [0.29, 0.717) is 13.1 Å². The molecule has 2 heterocycles. The normalized spacial score (nSPS) is 21.3. The fourth-order valence-electron chi connectivity index (χ4n) is 4.03. The van der Waals surface area contributed by atoms with E-state index < -0.39 is 21.3 Å². The number of sulfonamides is 1. The van der Waals surface area contributed by atoms with E-state index in [0.717, 1.165) is 25.0 Å². The summed E-state index contributed by atoms with van der Waals surface area (Å²) in [5.41, 5.74) is -0.492.